The predicted octanol–water partition coefficient (Wildman–Crippen LogP) is 3.57. The van der Waals surface area contributed by atoms with Gasteiger partial charge in [0.05, 0.1) is 0 Å². The van der Waals surface area contributed by atoms with Gasteiger partial charge in [-0.3, -0.25) is 0 Å². The summed E-state index contributed by atoms with van der Waals surface area (Å²) >= 11 is 8.00. The molecule has 0 aliphatic rings. The number of hydrogen-bond acceptors (Lipinski definition) is 3. The molecule has 0 atom stereocenters. The molecule has 0 aromatic carbocycles. The lowest BCUT2D eigenvalue weighted by molar-refractivity contribution is 1.50. The second-order valence-corrected chi connectivity index (χ2v) is 3.77. The fourth-order valence-corrected chi connectivity index (χ4v) is 1.75. The molecule has 0 unspecified atom stereocenters. The van der Waals surface area contributed by atoms with Crippen molar-refractivity contribution in [3.8, 4) is 0 Å². The second-order valence-electron chi connectivity index (χ2n) is 0.758. The monoisotopic (exact) mass is 164 g/mol. The van der Waals surface area contributed by atoms with Gasteiger partial charge in [-0.15, -0.1) is 22.7 Å². The zero-order valence-corrected chi connectivity index (χ0v) is 7.33. The summed E-state index contributed by atoms with van der Waals surface area (Å²) in [6.45, 7) is 4.00. The van der Waals surface area contributed by atoms with E-state index in [-0.39, 0.29) is 0 Å². The van der Waals surface area contributed by atoms with Crippen LogP contribution in [0.4, 0.5) is 0 Å². The molecule has 0 saturated carbocycles. The van der Waals surface area contributed by atoms with E-state index in [4.69, 9.17) is 12.2 Å². The van der Waals surface area contributed by atoms with Crippen LogP contribution < -0.4 is 0 Å². The van der Waals surface area contributed by atoms with E-state index >= 15 is 0 Å². The van der Waals surface area contributed by atoms with Gasteiger partial charge in [-0.2, -0.15) is 0 Å². The maximum atomic E-state index is 4.78. The third-order valence-electron chi connectivity index (χ3n) is 0.384. The van der Waals surface area contributed by atoms with E-state index in [1.54, 1.807) is 22.7 Å². The van der Waals surface area contributed by atoms with E-state index in [2.05, 4.69) is 0 Å². The summed E-state index contributed by atoms with van der Waals surface area (Å²) in [5.41, 5.74) is 0. The van der Waals surface area contributed by atoms with Crippen molar-refractivity contribution in [2.75, 3.05) is 0 Å². The van der Waals surface area contributed by atoms with Crippen LogP contribution in [0.1, 0.15) is 13.8 Å². The van der Waals surface area contributed by atoms with Crippen LogP contribution in [0.25, 0.3) is 0 Å². The molecule has 0 spiro atoms. The first-order valence-corrected chi connectivity index (χ1v) is 4.58. The highest BCUT2D eigenvalue weighted by molar-refractivity contribution is 7.76. The molecule has 1 rings (SSSR count). The van der Waals surface area contributed by atoms with Crippen LogP contribution in [-0.2, 0) is 0 Å². The Morgan fingerprint density at radius 2 is 1.62 bits per heavy atom. The summed E-state index contributed by atoms with van der Waals surface area (Å²) in [6, 6.07) is 0. The molecular weight excluding hydrogens is 156 g/mol. The molecule has 0 bridgehead atoms. The summed E-state index contributed by atoms with van der Waals surface area (Å²) in [6.07, 6.45) is 0. The zero-order chi connectivity index (χ0) is 6.41. The molecule has 0 saturated heterocycles. The molecule has 0 radical (unpaired) electrons. The van der Waals surface area contributed by atoms with Gasteiger partial charge in [0.1, 0.15) is 3.14 Å². The zero-order valence-electron chi connectivity index (χ0n) is 4.88. The lowest BCUT2D eigenvalue weighted by Gasteiger charge is -1.47. The summed E-state index contributed by atoms with van der Waals surface area (Å²) in [7, 11) is 0. The van der Waals surface area contributed by atoms with Gasteiger partial charge >= 0.3 is 0 Å². The average molecular weight is 164 g/mol. The van der Waals surface area contributed by atoms with Crippen molar-refractivity contribution in [2.45, 2.75) is 13.8 Å². The van der Waals surface area contributed by atoms with Gasteiger partial charge < -0.3 is 0 Å². The number of hydrogen-bond donors (Lipinski definition) is 0. The molecular formula is C5H8S3. The quantitative estimate of drug-likeness (QED) is 0.528. The Kier molecular flexibility index (Phi) is 5.59. The summed E-state index contributed by atoms with van der Waals surface area (Å²) in [5, 5.41) is 3.99. The lowest BCUT2D eigenvalue weighted by Crippen LogP contribution is -1.13. The molecule has 0 N–H and O–H groups in total. The van der Waals surface area contributed by atoms with Crippen molar-refractivity contribution in [1.29, 1.82) is 0 Å². The largest absolute Gasteiger partial charge is 0.143 e. The molecule has 0 aliphatic carbocycles. The third kappa shape index (κ3) is 3.29. The SMILES string of the molecule is CC.S=c1sccs1. The maximum absolute atomic E-state index is 4.78. The van der Waals surface area contributed by atoms with Gasteiger partial charge in [0.15, 0.2) is 0 Å². The van der Waals surface area contributed by atoms with Crippen molar-refractivity contribution in [3.05, 3.63) is 13.9 Å². The topological polar surface area (TPSA) is 0 Å². The normalized spacial score (nSPS) is 7.25. The minimum Gasteiger partial charge on any atom is -0.121 e. The Morgan fingerprint density at radius 3 is 1.75 bits per heavy atom. The van der Waals surface area contributed by atoms with Crippen LogP contribution in [0.2, 0.25) is 0 Å². The smallest absolute Gasteiger partial charge is 0.121 e. The van der Waals surface area contributed by atoms with Crippen molar-refractivity contribution in [2.24, 2.45) is 0 Å². The highest BCUT2D eigenvalue weighted by Gasteiger charge is 1.70. The fraction of sp³-hybridized carbons (Fsp3) is 0.400. The Balaban J connectivity index is 0.000000222. The molecule has 0 fully saturated rings. The van der Waals surface area contributed by atoms with Crippen molar-refractivity contribution in [1.82, 2.24) is 0 Å². The Bertz CT molecular complexity index is 145. The van der Waals surface area contributed by atoms with E-state index in [1.807, 2.05) is 24.6 Å². The van der Waals surface area contributed by atoms with Gasteiger partial charge in [0, 0.05) is 10.8 Å². The molecule has 46 valence electrons. The Hall–Kier alpha value is 0.270. The standard InChI is InChI=1S/C3H2S3.C2H6/c4-3-5-1-2-6-3;1-2/h1-2H;1-2H3. The molecule has 3 heteroatoms. The molecule has 1 aromatic heterocycles. The van der Waals surface area contributed by atoms with E-state index in [1.165, 1.54) is 0 Å². The van der Waals surface area contributed by atoms with Crippen LogP contribution in [0.5, 0.6) is 0 Å². The maximum Gasteiger partial charge on any atom is 0.143 e. The molecule has 1 heterocycles. The van der Waals surface area contributed by atoms with E-state index in [0.29, 0.717) is 0 Å². The first-order chi connectivity index (χ1) is 3.89. The van der Waals surface area contributed by atoms with Gasteiger partial charge in [-0.1, -0.05) is 26.1 Å². The van der Waals surface area contributed by atoms with Crippen LogP contribution in [0.3, 0.4) is 0 Å². The van der Waals surface area contributed by atoms with Crippen LogP contribution >= 0.6 is 34.9 Å². The first kappa shape index (κ1) is 8.27. The average Bonchev–Trinajstić information content (AvgIpc) is 2.24. The van der Waals surface area contributed by atoms with Gasteiger partial charge in [-0.25, -0.2) is 0 Å². The van der Waals surface area contributed by atoms with E-state index < -0.39 is 0 Å². The highest BCUT2D eigenvalue weighted by Crippen LogP contribution is 2.06. The molecule has 1 aromatic rings. The molecule has 0 amide bonds. The molecule has 0 aliphatic heterocycles. The Labute approximate surface area is 62.8 Å². The van der Waals surface area contributed by atoms with Gasteiger partial charge in [0.2, 0.25) is 0 Å². The summed E-state index contributed by atoms with van der Waals surface area (Å²) in [4.78, 5) is 0. The van der Waals surface area contributed by atoms with Crippen molar-refractivity contribution < 1.29 is 0 Å². The predicted molar refractivity (Wildman–Crippen MR) is 44.4 cm³/mol. The molecule has 8 heavy (non-hydrogen) atoms. The fourth-order valence-electron chi connectivity index (χ4n) is 0.194. The Morgan fingerprint density at radius 1 is 1.25 bits per heavy atom. The van der Waals surface area contributed by atoms with Gasteiger partial charge in [-0.05, 0) is 0 Å². The minimum absolute atomic E-state index is 1.01. The molecule has 0 nitrogen and oxygen atoms in total. The van der Waals surface area contributed by atoms with Crippen LogP contribution in [0.15, 0.2) is 10.8 Å². The van der Waals surface area contributed by atoms with Crippen molar-refractivity contribution in [3.63, 3.8) is 0 Å². The van der Waals surface area contributed by atoms with Gasteiger partial charge in [0.25, 0.3) is 0 Å². The van der Waals surface area contributed by atoms with Crippen LogP contribution in [0, 0.1) is 3.14 Å². The van der Waals surface area contributed by atoms with E-state index in [9.17, 15) is 0 Å². The second kappa shape index (κ2) is 5.41. The number of rotatable bonds is 0. The van der Waals surface area contributed by atoms with Crippen LogP contribution in [-0.4, -0.2) is 0 Å². The highest BCUT2D eigenvalue weighted by atomic mass is 32.2. The van der Waals surface area contributed by atoms with Crippen molar-refractivity contribution >= 4 is 34.9 Å². The first-order valence-electron chi connectivity index (χ1n) is 2.42. The summed E-state index contributed by atoms with van der Waals surface area (Å²) in [5.74, 6) is 0. The van der Waals surface area contributed by atoms with E-state index in [0.717, 1.165) is 3.14 Å². The third-order valence-corrected chi connectivity index (χ3v) is 2.64. The lowest BCUT2D eigenvalue weighted by atomic mass is 11.0. The minimum atomic E-state index is 1.01. The summed E-state index contributed by atoms with van der Waals surface area (Å²) < 4.78 is 1.01.